The monoisotopic (exact) mass is 301 g/mol. The summed E-state index contributed by atoms with van der Waals surface area (Å²) in [6.45, 7) is 6.26. The van der Waals surface area contributed by atoms with Crippen LogP contribution in [0, 0.1) is 20.8 Å². The van der Waals surface area contributed by atoms with E-state index in [1.807, 2.05) is 51.1 Å². The van der Waals surface area contributed by atoms with Gasteiger partial charge in [-0.3, -0.25) is 0 Å². The molecule has 0 spiro atoms. The summed E-state index contributed by atoms with van der Waals surface area (Å²) in [6.07, 6.45) is 0. The molecule has 0 aliphatic carbocycles. The van der Waals surface area contributed by atoms with E-state index in [1.54, 1.807) is 4.52 Å². The van der Waals surface area contributed by atoms with Crippen LogP contribution in [-0.4, -0.2) is 14.6 Å². The van der Waals surface area contributed by atoms with E-state index in [9.17, 15) is 0 Å². The Morgan fingerprint density at radius 3 is 2.52 bits per heavy atom. The summed E-state index contributed by atoms with van der Waals surface area (Å²) < 4.78 is 7.50. The molecule has 0 fully saturated rings. The van der Waals surface area contributed by atoms with Gasteiger partial charge in [-0.1, -0.05) is 29.8 Å². The summed E-state index contributed by atoms with van der Waals surface area (Å²) in [5.41, 5.74) is 4.46. The standard InChI is InChI=1S/C16H16ClN3O/c1-10-11(2)18-16-14(12(3)19-20(16)15(10)17)9-21-13-7-5-4-6-8-13/h4-8H,9H2,1-3H3. The first-order valence-corrected chi connectivity index (χ1v) is 7.14. The van der Waals surface area contributed by atoms with Gasteiger partial charge in [0.2, 0.25) is 0 Å². The van der Waals surface area contributed by atoms with Crippen LogP contribution < -0.4 is 4.74 Å². The van der Waals surface area contributed by atoms with E-state index in [2.05, 4.69) is 10.1 Å². The summed E-state index contributed by atoms with van der Waals surface area (Å²) >= 11 is 6.35. The van der Waals surface area contributed by atoms with Gasteiger partial charge in [-0.25, -0.2) is 9.50 Å². The van der Waals surface area contributed by atoms with Crippen LogP contribution in [0.25, 0.3) is 5.65 Å². The lowest BCUT2D eigenvalue weighted by atomic mass is 10.2. The molecule has 0 atom stereocenters. The fourth-order valence-corrected chi connectivity index (χ4v) is 2.45. The Labute approximate surface area is 128 Å². The van der Waals surface area contributed by atoms with Gasteiger partial charge in [0.1, 0.15) is 17.5 Å². The van der Waals surface area contributed by atoms with Crippen molar-refractivity contribution < 1.29 is 4.74 Å². The molecule has 0 unspecified atom stereocenters. The van der Waals surface area contributed by atoms with E-state index in [-0.39, 0.29) is 0 Å². The van der Waals surface area contributed by atoms with E-state index in [1.165, 1.54) is 0 Å². The highest BCUT2D eigenvalue weighted by Gasteiger charge is 2.16. The first-order chi connectivity index (χ1) is 10.1. The average molecular weight is 302 g/mol. The van der Waals surface area contributed by atoms with Crippen LogP contribution in [0.5, 0.6) is 5.75 Å². The lowest BCUT2D eigenvalue weighted by Gasteiger charge is -2.07. The van der Waals surface area contributed by atoms with Gasteiger partial charge in [-0.2, -0.15) is 5.10 Å². The molecule has 2 heterocycles. The zero-order valence-corrected chi connectivity index (χ0v) is 13.0. The van der Waals surface area contributed by atoms with Crippen molar-refractivity contribution >= 4 is 17.2 Å². The van der Waals surface area contributed by atoms with Crippen molar-refractivity contribution in [3.8, 4) is 5.75 Å². The van der Waals surface area contributed by atoms with Crippen molar-refractivity contribution in [2.45, 2.75) is 27.4 Å². The Bertz CT molecular complexity index is 796. The quantitative estimate of drug-likeness (QED) is 0.689. The van der Waals surface area contributed by atoms with Gasteiger partial charge in [-0.05, 0) is 32.9 Å². The highest BCUT2D eigenvalue weighted by Crippen LogP contribution is 2.24. The van der Waals surface area contributed by atoms with Gasteiger partial charge in [0.05, 0.1) is 11.3 Å². The van der Waals surface area contributed by atoms with Gasteiger partial charge in [0, 0.05) is 11.3 Å². The molecule has 0 N–H and O–H groups in total. The molecule has 3 aromatic rings. The van der Waals surface area contributed by atoms with Crippen LogP contribution >= 0.6 is 11.6 Å². The van der Waals surface area contributed by atoms with E-state index in [4.69, 9.17) is 16.3 Å². The van der Waals surface area contributed by atoms with Crippen LogP contribution in [0.1, 0.15) is 22.5 Å². The summed E-state index contributed by atoms with van der Waals surface area (Å²) in [6, 6.07) is 9.70. The Balaban J connectivity index is 2.01. The average Bonchev–Trinajstić information content (AvgIpc) is 2.80. The van der Waals surface area contributed by atoms with E-state index < -0.39 is 0 Å². The summed E-state index contributed by atoms with van der Waals surface area (Å²) in [4.78, 5) is 4.61. The minimum Gasteiger partial charge on any atom is -0.489 e. The molecule has 21 heavy (non-hydrogen) atoms. The predicted molar refractivity (Wildman–Crippen MR) is 83.0 cm³/mol. The summed E-state index contributed by atoms with van der Waals surface area (Å²) in [5.74, 6) is 0.825. The van der Waals surface area contributed by atoms with Crippen molar-refractivity contribution in [2.75, 3.05) is 0 Å². The molecule has 0 aliphatic heterocycles. The molecular weight excluding hydrogens is 286 g/mol. The number of nitrogens with zero attached hydrogens (tertiary/aromatic N) is 3. The summed E-state index contributed by atoms with van der Waals surface area (Å²) in [5, 5.41) is 5.07. The minimum atomic E-state index is 0.422. The molecule has 108 valence electrons. The van der Waals surface area contributed by atoms with Crippen LogP contribution in [0.3, 0.4) is 0 Å². The molecule has 3 rings (SSSR count). The Kier molecular flexibility index (Phi) is 3.55. The molecular formula is C16H16ClN3O. The van der Waals surface area contributed by atoms with E-state index >= 15 is 0 Å². The van der Waals surface area contributed by atoms with Crippen LogP contribution in [0.15, 0.2) is 30.3 Å². The zero-order chi connectivity index (χ0) is 15.0. The highest BCUT2D eigenvalue weighted by molar-refractivity contribution is 6.30. The number of hydrogen-bond donors (Lipinski definition) is 0. The highest BCUT2D eigenvalue weighted by atomic mass is 35.5. The number of hydrogen-bond acceptors (Lipinski definition) is 3. The number of ether oxygens (including phenoxy) is 1. The lowest BCUT2D eigenvalue weighted by Crippen LogP contribution is -2.01. The van der Waals surface area contributed by atoms with Crippen LogP contribution in [0.4, 0.5) is 0 Å². The van der Waals surface area contributed by atoms with E-state index in [0.717, 1.165) is 33.9 Å². The molecule has 0 bridgehead atoms. The number of halogens is 1. The lowest BCUT2D eigenvalue weighted by molar-refractivity contribution is 0.306. The Morgan fingerprint density at radius 2 is 1.81 bits per heavy atom. The first-order valence-electron chi connectivity index (χ1n) is 6.76. The maximum absolute atomic E-state index is 6.35. The van der Waals surface area contributed by atoms with Crippen molar-refractivity contribution in [1.29, 1.82) is 0 Å². The molecule has 4 nitrogen and oxygen atoms in total. The predicted octanol–water partition coefficient (Wildman–Crippen LogP) is 3.89. The van der Waals surface area contributed by atoms with Crippen LogP contribution in [-0.2, 0) is 6.61 Å². The molecule has 0 amide bonds. The topological polar surface area (TPSA) is 39.4 Å². The molecule has 0 aliphatic rings. The SMILES string of the molecule is Cc1nc2c(COc3ccccc3)c(C)nn2c(Cl)c1C. The maximum atomic E-state index is 6.35. The third-order valence-electron chi connectivity index (χ3n) is 3.60. The van der Waals surface area contributed by atoms with Crippen molar-refractivity contribution in [1.82, 2.24) is 14.6 Å². The number of aromatic nitrogens is 3. The second-order valence-corrected chi connectivity index (χ2v) is 5.37. The molecule has 2 aromatic heterocycles. The number of fused-ring (bicyclic) bond motifs is 1. The van der Waals surface area contributed by atoms with Gasteiger partial charge in [-0.15, -0.1) is 0 Å². The third kappa shape index (κ3) is 2.47. The number of aryl methyl sites for hydroxylation is 2. The van der Waals surface area contributed by atoms with Crippen LogP contribution in [0.2, 0.25) is 5.15 Å². The van der Waals surface area contributed by atoms with Gasteiger partial charge in [0.15, 0.2) is 5.65 Å². The smallest absolute Gasteiger partial charge is 0.163 e. The molecule has 0 saturated heterocycles. The van der Waals surface area contributed by atoms with Gasteiger partial charge in [0.25, 0.3) is 0 Å². The normalized spacial score (nSPS) is 11.0. The largest absolute Gasteiger partial charge is 0.489 e. The summed E-state index contributed by atoms with van der Waals surface area (Å²) in [7, 11) is 0. The molecule has 0 saturated carbocycles. The number of para-hydroxylation sites is 1. The van der Waals surface area contributed by atoms with Crippen molar-refractivity contribution in [2.24, 2.45) is 0 Å². The van der Waals surface area contributed by atoms with Crippen molar-refractivity contribution in [3.05, 3.63) is 58.0 Å². The Morgan fingerprint density at radius 1 is 1.10 bits per heavy atom. The zero-order valence-electron chi connectivity index (χ0n) is 12.2. The van der Waals surface area contributed by atoms with E-state index in [0.29, 0.717) is 11.8 Å². The minimum absolute atomic E-state index is 0.422. The first kappa shape index (κ1) is 13.9. The van der Waals surface area contributed by atoms with Gasteiger partial charge >= 0.3 is 0 Å². The third-order valence-corrected chi connectivity index (χ3v) is 4.04. The fourth-order valence-electron chi connectivity index (χ4n) is 2.19. The second-order valence-electron chi connectivity index (χ2n) is 5.01. The Hall–Kier alpha value is -2.07. The molecule has 0 radical (unpaired) electrons. The van der Waals surface area contributed by atoms with Crippen molar-refractivity contribution in [3.63, 3.8) is 0 Å². The second kappa shape index (κ2) is 5.37. The number of benzene rings is 1. The number of rotatable bonds is 3. The maximum Gasteiger partial charge on any atom is 0.163 e. The fraction of sp³-hybridized carbons (Fsp3) is 0.250. The molecule has 5 heteroatoms. The molecule has 1 aromatic carbocycles. The van der Waals surface area contributed by atoms with Gasteiger partial charge < -0.3 is 4.74 Å².